The van der Waals surface area contributed by atoms with Crippen LogP contribution in [0.3, 0.4) is 0 Å². The number of hydrogen-bond donors (Lipinski definition) is 0. The standard InChI is InChI=1S/C19H32O6/c1-2-15(20)8-7-9-16(21)14-19(24-17-10-3-5-12-22-17)25-18-11-4-6-13-23-18/h17-19H,2-14H2,1H3. The predicted octanol–water partition coefficient (Wildman–Crippen LogP) is 3.51. The van der Waals surface area contributed by atoms with Gasteiger partial charge in [0, 0.05) is 32.5 Å². The van der Waals surface area contributed by atoms with Gasteiger partial charge in [0.05, 0.1) is 6.42 Å². The van der Waals surface area contributed by atoms with Crippen molar-refractivity contribution in [2.24, 2.45) is 0 Å². The molecule has 0 radical (unpaired) electrons. The van der Waals surface area contributed by atoms with E-state index in [1.165, 1.54) is 0 Å². The van der Waals surface area contributed by atoms with Gasteiger partial charge in [0.2, 0.25) is 0 Å². The molecule has 2 heterocycles. The second-order valence-electron chi connectivity index (χ2n) is 6.78. The van der Waals surface area contributed by atoms with Gasteiger partial charge in [-0.1, -0.05) is 6.92 Å². The van der Waals surface area contributed by atoms with Crippen LogP contribution in [-0.4, -0.2) is 43.7 Å². The number of ether oxygens (including phenoxy) is 4. The van der Waals surface area contributed by atoms with Crippen molar-refractivity contribution in [2.75, 3.05) is 13.2 Å². The van der Waals surface area contributed by atoms with Gasteiger partial charge in [-0.15, -0.1) is 0 Å². The lowest BCUT2D eigenvalue weighted by Crippen LogP contribution is -2.35. The monoisotopic (exact) mass is 356 g/mol. The summed E-state index contributed by atoms with van der Waals surface area (Å²) < 4.78 is 23.0. The summed E-state index contributed by atoms with van der Waals surface area (Å²) in [5.41, 5.74) is 0. The molecule has 0 N–H and O–H groups in total. The van der Waals surface area contributed by atoms with Gasteiger partial charge in [0.15, 0.2) is 18.9 Å². The van der Waals surface area contributed by atoms with Crippen LogP contribution in [0.25, 0.3) is 0 Å². The Kier molecular flexibility index (Phi) is 9.61. The number of carbonyl (C=O) groups excluding carboxylic acids is 2. The smallest absolute Gasteiger partial charge is 0.170 e. The summed E-state index contributed by atoms with van der Waals surface area (Å²) in [6, 6.07) is 0. The summed E-state index contributed by atoms with van der Waals surface area (Å²) in [7, 11) is 0. The minimum Gasteiger partial charge on any atom is -0.353 e. The van der Waals surface area contributed by atoms with E-state index in [1.807, 2.05) is 6.92 Å². The Hall–Kier alpha value is -0.820. The Morgan fingerprint density at radius 1 is 0.920 bits per heavy atom. The number of Topliss-reactive ketones (excluding diaryl/α,β-unsaturated/α-hetero) is 2. The Bertz CT molecular complexity index is 379. The zero-order valence-corrected chi connectivity index (χ0v) is 15.4. The molecular formula is C19H32O6. The normalized spacial score (nSPS) is 25.5. The molecule has 2 aliphatic rings. The predicted molar refractivity (Wildman–Crippen MR) is 91.9 cm³/mol. The molecule has 2 saturated heterocycles. The zero-order valence-electron chi connectivity index (χ0n) is 15.4. The lowest BCUT2D eigenvalue weighted by Gasteiger charge is -2.31. The van der Waals surface area contributed by atoms with Crippen molar-refractivity contribution in [3.63, 3.8) is 0 Å². The fraction of sp³-hybridized carbons (Fsp3) is 0.895. The third kappa shape index (κ3) is 8.40. The highest BCUT2D eigenvalue weighted by atomic mass is 16.8. The number of rotatable bonds is 11. The van der Waals surface area contributed by atoms with E-state index in [0.29, 0.717) is 38.9 Å². The van der Waals surface area contributed by atoms with Crippen LogP contribution in [0.15, 0.2) is 0 Å². The molecule has 2 rings (SSSR count). The van der Waals surface area contributed by atoms with Crippen LogP contribution in [0, 0.1) is 0 Å². The molecule has 0 aromatic rings. The minimum absolute atomic E-state index is 0.0560. The highest BCUT2D eigenvalue weighted by Crippen LogP contribution is 2.22. The van der Waals surface area contributed by atoms with Crippen LogP contribution < -0.4 is 0 Å². The van der Waals surface area contributed by atoms with E-state index in [2.05, 4.69) is 0 Å². The van der Waals surface area contributed by atoms with Crippen molar-refractivity contribution in [1.29, 1.82) is 0 Å². The molecule has 0 amide bonds. The first kappa shape index (κ1) is 20.5. The van der Waals surface area contributed by atoms with E-state index in [9.17, 15) is 9.59 Å². The quantitative estimate of drug-likeness (QED) is 0.528. The van der Waals surface area contributed by atoms with Gasteiger partial charge in [-0.05, 0) is 44.9 Å². The van der Waals surface area contributed by atoms with Crippen molar-refractivity contribution in [3.8, 4) is 0 Å². The van der Waals surface area contributed by atoms with Crippen LogP contribution in [0.5, 0.6) is 0 Å². The molecule has 0 saturated carbocycles. The number of ketones is 2. The summed E-state index contributed by atoms with van der Waals surface area (Å²) >= 11 is 0. The van der Waals surface area contributed by atoms with Gasteiger partial charge in [-0.25, -0.2) is 0 Å². The third-order valence-corrected chi connectivity index (χ3v) is 4.58. The van der Waals surface area contributed by atoms with E-state index >= 15 is 0 Å². The van der Waals surface area contributed by atoms with E-state index in [-0.39, 0.29) is 30.6 Å². The fourth-order valence-corrected chi connectivity index (χ4v) is 3.05. The maximum absolute atomic E-state index is 12.3. The summed E-state index contributed by atoms with van der Waals surface area (Å²) in [4.78, 5) is 23.6. The van der Waals surface area contributed by atoms with Crippen molar-refractivity contribution in [1.82, 2.24) is 0 Å². The lowest BCUT2D eigenvalue weighted by molar-refractivity contribution is -0.303. The molecule has 6 heteroatoms. The number of hydrogen-bond acceptors (Lipinski definition) is 6. The van der Waals surface area contributed by atoms with Crippen molar-refractivity contribution < 1.29 is 28.5 Å². The second kappa shape index (κ2) is 11.7. The maximum atomic E-state index is 12.3. The fourth-order valence-electron chi connectivity index (χ4n) is 3.05. The van der Waals surface area contributed by atoms with Crippen LogP contribution in [0.1, 0.15) is 77.6 Å². The first-order valence-electron chi connectivity index (χ1n) is 9.75. The molecule has 0 aromatic heterocycles. The van der Waals surface area contributed by atoms with Gasteiger partial charge < -0.3 is 18.9 Å². The van der Waals surface area contributed by atoms with Crippen LogP contribution >= 0.6 is 0 Å². The van der Waals surface area contributed by atoms with E-state index in [1.54, 1.807) is 0 Å². The Morgan fingerprint density at radius 2 is 1.48 bits per heavy atom. The maximum Gasteiger partial charge on any atom is 0.170 e. The SMILES string of the molecule is CCC(=O)CCCC(=O)CC(OC1CCCCO1)OC1CCCCO1. The van der Waals surface area contributed by atoms with Crippen LogP contribution in [-0.2, 0) is 28.5 Å². The average molecular weight is 356 g/mol. The van der Waals surface area contributed by atoms with Gasteiger partial charge in [-0.3, -0.25) is 9.59 Å². The largest absolute Gasteiger partial charge is 0.353 e. The number of carbonyl (C=O) groups is 2. The molecule has 0 bridgehead atoms. The van der Waals surface area contributed by atoms with Gasteiger partial charge in [0.1, 0.15) is 11.6 Å². The average Bonchev–Trinajstić information content (AvgIpc) is 2.63. The molecule has 6 nitrogen and oxygen atoms in total. The first-order chi connectivity index (χ1) is 12.2. The van der Waals surface area contributed by atoms with Gasteiger partial charge in [-0.2, -0.15) is 0 Å². The molecule has 144 valence electrons. The molecule has 2 aliphatic heterocycles. The summed E-state index contributed by atoms with van der Waals surface area (Å²) in [5, 5.41) is 0. The lowest BCUT2D eigenvalue weighted by atomic mass is 10.1. The second-order valence-corrected chi connectivity index (χ2v) is 6.78. The molecule has 2 fully saturated rings. The Balaban J connectivity index is 1.79. The molecule has 0 spiro atoms. The molecular weight excluding hydrogens is 324 g/mol. The summed E-state index contributed by atoms with van der Waals surface area (Å²) in [6.45, 7) is 3.21. The molecule has 0 aromatic carbocycles. The molecule has 25 heavy (non-hydrogen) atoms. The van der Waals surface area contributed by atoms with Crippen molar-refractivity contribution in [3.05, 3.63) is 0 Å². The minimum atomic E-state index is -0.638. The highest BCUT2D eigenvalue weighted by molar-refractivity contribution is 5.81. The van der Waals surface area contributed by atoms with Crippen LogP contribution in [0.2, 0.25) is 0 Å². The highest BCUT2D eigenvalue weighted by Gasteiger charge is 2.26. The first-order valence-corrected chi connectivity index (χ1v) is 9.75. The zero-order chi connectivity index (χ0) is 17.9. The Morgan fingerprint density at radius 3 is 1.96 bits per heavy atom. The summed E-state index contributed by atoms with van der Waals surface area (Å²) in [5.74, 6) is 0.253. The molecule has 2 atom stereocenters. The van der Waals surface area contributed by atoms with Crippen molar-refractivity contribution in [2.45, 2.75) is 96.4 Å². The van der Waals surface area contributed by atoms with E-state index in [4.69, 9.17) is 18.9 Å². The van der Waals surface area contributed by atoms with Gasteiger partial charge in [0.25, 0.3) is 0 Å². The molecule has 0 aliphatic carbocycles. The summed E-state index contributed by atoms with van der Waals surface area (Å²) in [6.07, 6.45) is 6.75. The molecule has 2 unspecified atom stereocenters. The van der Waals surface area contributed by atoms with Crippen molar-refractivity contribution >= 4 is 11.6 Å². The van der Waals surface area contributed by atoms with Gasteiger partial charge >= 0.3 is 0 Å². The van der Waals surface area contributed by atoms with E-state index in [0.717, 1.165) is 38.5 Å². The Labute approximate surface area is 150 Å². The third-order valence-electron chi connectivity index (χ3n) is 4.58. The topological polar surface area (TPSA) is 71.1 Å². The van der Waals surface area contributed by atoms with E-state index < -0.39 is 6.29 Å². The van der Waals surface area contributed by atoms with Crippen LogP contribution in [0.4, 0.5) is 0 Å².